The van der Waals surface area contributed by atoms with Gasteiger partial charge in [-0.3, -0.25) is 9.59 Å². The summed E-state index contributed by atoms with van der Waals surface area (Å²) in [6, 6.07) is 0. The van der Waals surface area contributed by atoms with Crippen molar-refractivity contribution >= 4 is 11.9 Å². The molecular formula is C11H16O4. The zero-order chi connectivity index (χ0) is 11.6. The molecule has 0 spiro atoms. The summed E-state index contributed by atoms with van der Waals surface area (Å²) in [7, 11) is 0. The van der Waals surface area contributed by atoms with E-state index in [0.717, 1.165) is 0 Å². The number of carbonyl (C=O) groups is 2. The summed E-state index contributed by atoms with van der Waals surface area (Å²) in [5.41, 5.74) is -1.83. The van der Waals surface area contributed by atoms with Crippen LogP contribution in [0.3, 0.4) is 0 Å². The van der Waals surface area contributed by atoms with E-state index in [4.69, 9.17) is 5.11 Å². The molecule has 3 aliphatic carbocycles. The lowest BCUT2D eigenvalue weighted by molar-refractivity contribution is -0.224. The van der Waals surface area contributed by atoms with Crippen LogP contribution in [0.25, 0.3) is 0 Å². The van der Waals surface area contributed by atoms with Crippen LogP contribution in [0.1, 0.15) is 33.6 Å². The van der Waals surface area contributed by atoms with Gasteiger partial charge in [0.15, 0.2) is 0 Å². The molecule has 4 nitrogen and oxygen atoms in total. The van der Waals surface area contributed by atoms with Crippen LogP contribution in [0.4, 0.5) is 0 Å². The Kier molecular flexibility index (Phi) is 1.65. The van der Waals surface area contributed by atoms with Crippen molar-refractivity contribution in [1.29, 1.82) is 0 Å². The molecule has 3 aliphatic rings. The largest absolute Gasteiger partial charge is 0.481 e. The second-order valence-electron chi connectivity index (χ2n) is 5.59. The van der Waals surface area contributed by atoms with Gasteiger partial charge in [-0.1, -0.05) is 20.8 Å². The van der Waals surface area contributed by atoms with Crippen molar-refractivity contribution in [3.8, 4) is 0 Å². The smallest absolute Gasteiger partial charge is 0.311 e. The van der Waals surface area contributed by atoms with Crippen molar-refractivity contribution in [2.45, 2.75) is 33.6 Å². The molecule has 2 bridgehead atoms. The molecule has 15 heavy (non-hydrogen) atoms. The van der Waals surface area contributed by atoms with E-state index in [0.29, 0.717) is 12.8 Å². The lowest BCUT2D eigenvalue weighted by Gasteiger charge is -2.63. The van der Waals surface area contributed by atoms with E-state index < -0.39 is 28.7 Å². The van der Waals surface area contributed by atoms with E-state index in [-0.39, 0.29) is 5.41 Å². The third kappa shape index (κ3) is 0.734. The van der Waals surface area contributed by atoms with E-state index >= 15 is 0 Å². The highest BCUT2D eigenvalue weighted by molar-refractivity contribution is 5.89. The molecule has 3 fully saturated rings. The van der Waals surface area contributed by atoms with Gasteiger partial charge in [-0.15, -0.1) is 0 Å². The maximum absolute atomic E-state index is 11.4. The monoisotopic (exact) mass is 212 g/mol. The number of fused-ring (bicyclic) bond motifs is 1. The lowest BCUT2D eigenvalue weighted by atomic mass is 9.38. The molecule has 0 saturated heterocycles. The van der Waals surface area contributed by atoms with Crippen molar-refractivity contribution in [3.63, 3.8) is 0 Å². The lowest BCUT2D eigenvalue weighted by Crippen LogP contribution is -2.68. The van der Waals surface area contributed by atoms with Crippen molar-refractivity contribution in [2.75, 3.05) is 0 Å². The number of carboxylic acid groups (broad SMARTS) is 2. The molecule has 0 aliphatic heterocycles. The average Bonchev–Trinajstić information content (AvgIpc) is 2.51. The summed E-state index contributed by atoms with van der Waals surface area (Å²) in [6.45, 7) is 5.67. The minimum Gasteiger partial charge on any atom is -0.481 e. The second-order valence-corrected chi connectivity index (χ2v) is 5.59. The predicted molar refractivity (Wildman–Crippen MR) is 52.3 cm³/mol. The molecule has 0 amide bonds. The zero-order valence-electron chi connectivity index (χ0n) is 9.20. The minimum atomic E-state index is -1.05. The second kappa shape index (κ2) is 2.36. The number of carboxylic acids is 2. The Morgan fingerprint density at radius 1 is 1.13 bits per heavy atom. The molecule has 0 radical (unpaired) electrons. The predicted octanol–water partition coefficient (Wildman–Crippen LogP) is 1.60. The number of aliphatic carboxylic acids is 2. The summed E-state index contributed by atoms with van der Waals surface area (Å²) in [6.07, 6.45) is 1.19. The number of rotatable bonds is 2. The number of hydrogen-bond acceptors (Lipinski definition) is 2. The highest BCUT2D eigenvalue weighted by atomic mass is 16.4. The molecule has 3 atom stereocenters. The first-order valence-electron chi connectivity index (χ1n) is 5.18. The first kappa shape index (κ1) is 10.5. The van der Waals surface area contributed by atoms with Crippen molar-refractivity contribution in [2.24, 2.45) is 22.2 Å². The van der Waals surface area contributed by atoms with Crippen LogP contribution >= 0.6 is 0 Å². The van der Waals surface area contributed by atoms with Gasteiger partial charge >= 0.3 is 11.9 Å². The first-order chi connectivity index (χ1) is 6.72. The van der Waals surface area contributed by atoms with E-state index in [1.165, 1.54) is 0 Å². The van der Waals surface area contributed by atoms with Gasteiger partial charge < -0.3 is 10.2 Å². The van der Waals surface area contributed by atoms with Crippen LogP contribution in [-0.2, 0) is 9.59 Å². The Morgan fingerprint density at radius 3 is 1.93 bits per heavy atom. The fraction of sp³-hybridized carbons (Fsp3) is 0.818. The maximum Gasteiger partial charge on any atom is 0.311 e. The van der Waals surface area contributed by atoms with Gasteiger partial charge in [0.2, 0.25) is 0 Å². The maximum atomic E-state index is 11.4. The van der Waals surface area contributed by atoms with E-state index in [1.54, 1.807) is 0 Å². The van der Waals surface area contributed by atoms with Crippen LogP contribution in [0.2, 0.25) is 0 Å². The van der Waals surface area contributed by atoms with Gasteiger partial charge in [-0.05, 0) is 23.7 Å². The first-order valence-corrected chi connectivity index (χ1v) is 5.18. The molecule has 0 unspecified atom stereocenters. The Bertz CT molecular complexity index is 357. The Hall–Kier alpha value is -1.06. The fourth-order valence-electron chi connectivity index (χ4n) is 4.05. The molecule has 0 aromatic carbocycles. The topological polar surface area (TPSA) is 74.6 Å². The normalized spacial score (nSPS) is 45.9. The fourth-order valence-corrected chi connectivity index (χ4v) is 4.05. The van der Waals surface area contributed by atoms with Crippen molar-refractivity contribution < 1.29 is 19.8 Å². The van der Waals surface area contributed by atoms with E-state index in [1.807, 2.05) is 20.8 Å². The van der Waals surface area contributed by atoms with Crippen LogP contribution in [0.5, 0.6) is 0 Å². The number of hydrogen-bond donors (Lipinski definition) is 2. The van der Waals surface area contributed by atoms with Gasteiger partial charge in [0.25, 0.3) is 0 Å². The molecule has 3 rings (SSSR count). The SMILES string of the molecule is CC1(C)[C@@]2(C)CC[C@@]1(C(=O)O)[C@@H]2C(=O)O. The van der Waals surface area contributed by atoms with Crippen LogP contribution < -0.4 is 0 Å². The molecule has 0 aromatic rings. The van der Waals surface area contributed by atoms with Crippen molar-refractivity contribution in [1.82, 2.24) is 0 Å². The van der Waals surface area contributed by atoms with Gasteiger partial charge in [0, 0.05) is 0 Å². The molecular weight excluding hydrogens is 196 g/mol. The summed E-state index contributed by atoms with van der Waals surface area (Å²) >= 11 is 0. The minimum absolute atomic E-state index is 0.364. The van der Waals surface area contributed by atoms with Crippen molar-refractivity contribution in [3.05, 3.63) is 0 Å². The third-order valence-corrected chi connectivity index (χ3v) is 5.34. The van der Waals surface area contributed by atoms with Gasteiger partial charge in [-0.25, -0.2) is 0 Å². The van der Waals surface area contributed by atoms with Crippen LogP contribution in [0, 0.1) is 22.2 Å². The Morgan fingerprint density at radius 2 is 1.67 bits per heavy atom. The summed E-state index contributed by atoms with van der Waals surface area (Å²) in [5.74, 6) is -2.64. The van der Waals surface area contributed by atoms with Crippen LogP contribution in [-0.4, -0.2) is 22.2 Å². The van der Waals surface area contributed by atoms with E-state index in [2.05, 4.69) is 0 Å². The molecule has 84 valence electrons. The summed E-state index contributed by atoms with van der Waals surface area (Å²) in [5, 5.41) is 18.5. The Balaban J connectivity index is 2.55. The summed E-state index contributed by atoms with van der Waals surface area (Å²) in [4.78, 5) is 22.6. The molecule has 0 aromatic heterocycles. The molecule has 2 N–H and O–H groups in total. The Labute approximate surface area is 88.3 Å². The van der Waals surface area contributed by atoms with E-state index in [9.17, 15) is 14.7 Å². The highest BCUT2D eigenvalue weighted by Gasteiger charge is 2.83. The molecule has 4 heteroatoms. The quantitative estimate of drug-likeness (QED) is 0.729. The van der Waals surface area contributed by atoms with Gasteiger partial charge in [-0.2, -0.15) is 0 Å². The third-order valence-electron chi connectivity index (χ3n) is 5.34. The highest BCUT2D eigenvalue weighted by Crippen LogP contribution is 2.80. The zero-order valence-corrected chi connectivity index (χ0v) is 9.20. The average molecular weight is 212 g/mol. The molecule has 0 heterocycles. The standard InChI is InChI=1S/C11H16O4/c1-9(2)10(3)4-5-11(9,8(14)15)6(10)7(12)13/h6H,4-5H2,1-3H3,(H,12,13)(H,14,15)/t6-,10+,11+/m1/s1. The van der Waals surface area contributed by atoms with Crippen LogP contribution in [0.15, 0.2) is 0 Å². The van der Waals surface area contributed by atoms with Gasteiger partial charge in [0.1, 0.15) is 0 Å². The molecule has 3 saturated carbocycles. The summed E-state index contributed by atoms with van der Waals surface area (Å²) < 4.78 is 0. The van der Waals surface area contributed by atoms with Gasteiger partial charge in [0.05, 0.1) is 11.3 Å².